The highest BCUT2D eigenvalue weighted by Crippen LogP contribution is 2.12. The number of nitrogens with zero attached hydrogens (tertiary/aromatic N) is 1. The Morgan fingerprint density at radius 2 is 2.11 bits per heavy atom. The van der Waals surface area contributed by atoms with E-state index in [0.29, 0.717) is 12.1 Å². The van der Waals surface area contributed by atoms with Crippen molar-refractivity contribution in [3.8, 4) is 0 Å². The van der Waals surface area contributed by atoms with Crippen molar-refractivity contribution in [2.45, 2.75) is 13.3 Å². The van der Waals surface area contributed by atoms with Crippen LogP contribution in [0, 0.1) is 6.92 Å². The second-order valence-corrected chi connectivity index (χ2v) is 6.09. The number of benzene rings is 1. The summed E-state index contributed by atoms with van der Waals surface area (Å²) in [4.78, 5) is 17.2. The molecule has 1 aromatic carbocycles. The van der Waals surface area contributed by atoms with E-state index in [4.69, 9.17) is 0 Å². The molecule has 3 nitrogen and oxygen atoms in total. The fourth-order valence-electron chi connectivity index (χ4n) is 1.52. The second-order valence-electron chi connectivity index (χ2n) is 3.86. The number of carbonyl (C=O) groups is 1. The van der Waals surface area contributed by atoms with Gasteiger partial charge >= 0.3 is 0 Å². The van der Waals surface area contributed by atoms with Crippen LogP contribution in [0.5, 0.6) is 0 Å². The van der Waals surface area contributed by atoms with Crippen LogP contribution in [0.1, 0.15) is 20.2 Å². The van der Waals surface area contributed by atoms with Gasteiger partial charge in [0.25, 0.3) is 5.91 Å². The summed E-state index contributed by atoms with van der Waals surface area (Å²) in [6.07, 6.45) is 2.69. The summed E-state index contributed by atoms with van der Waals surface area (Å²) in [5.74, 6) is -0.0382. The molecule has 94 valence electrons. The lowest BCUT2D eigenvalue weighted by atomic mass is 10.2. The zero-order valence-corrected chi connectivity index (χ0v) is 12.3. The molecule has 0 aliphatic rings. The van der Waals surface area contributed by atoms with Crippen LogP contribution in [0.3, 0.4) is 0 Å². The maximum absolute atomic E-state index is 11.8. The average Bonchev–Trinajstić information content (AvgIpc) is 2.76. The van der Waals surface area contributed by atoms with E-state index in [2.05, 4.69) is 26.2 Å². The topological polar surface area (TPSA) is 42.0 Å². The summed E-state index contributed by atoms with van der Waals surface area (Å²) in [5, 5.41) is 3.96. The molecule has 1 amide bonds. The highest BCUT2D eigenvalue weighted by molar-refractivity contribution is 9.10. The Bertz CT molecular complexity index is 536. The Labute approximate surface area is 118 Å². The van der Waals surface area contributed by atoms with Gasteiger partial charge < -0.3 is 5.32 Å². The quantitative estimate of drug-likeness (QED) is 0.938. The van der Waals surface area contributed by atoms with Crippen molar-refractivity contribution < 1.29 is 4.79 Å². The molecule has 1 heterocycles. The predicted octanol–water partition coefficient (Wildman–Crippen LogP) is 3.19. The van der Waals surface area contributed by atoms with Crippen molar-refractivity contribution in [2.75, 3.05) is 6.54 Å². The smallest absolute Gasteiger partial charge is 0.251 e. The van der Waals surface area contributed by atoms with Crippen LogP contribution < -0.4 is 5.32 Å². The van der Waals surface area contributed by atoms with Crippen molar-refractivity contribution in [1.29, 1.82) is 0 Å². The van der Waals surface area contributed by atoms with Crippen LogP contribution in [0.4, 0.5) is 0 Å². The summed E-state index contributed by atoms with van der Waals surface area (Å²) >= 11 is 5.01. The van der Waals surface area contributed by atoms with Gasteiger partial charge in [-0.25, -0.2) is 4.98 Å². The van der Waals surface area contributed by atoms with E-state index in [1.54, 1.807) is 23.5 Å². The van der Waals surface area contributed by atoms with Gasteiger partial charge in [0.05, 0.1) is 5.01 Å². The van der Waals surface area contributed by atoms with Crippen LogP contribution >= 0.6 is 27.3 Å². The van der Waals surface area contributed by atoms with Gasteiger partial charge in [0.2, 0.25) is 0 Å². The third-order valence-corrected chi connectivity index (χ3v) is 3.93. The molecule has 2 rings (SSSR count). The zero-order valence-electron chi connectivity index (χ0n) is 9.94. The van der Waals surface area contributed by atoms with Crippen LogP contribution in [0.15, 0.2) is 34.9 Å². The maximum Gasteiger partial charge on any atom is 0.251 e. The first-order valence-electron chi connectivity index (χ1n) is 5.60. The highest BCUT2D eigenvalue weighted by Gasteiger charge is 2.05. The lowest BCUT2D eigenvalue weighted by Gasteiger charge is -2.04. The molecular formula is C13H13BrN2OS. The van der Waals surface area contributed by atoms with Crippen LogP contribution in [-0.4, -0.2) is 17.4 Å². The van der Waals surface area contributed by atoms with Crippen molar-refractivity contribution in [1.82, 2.24) is 10.3 Å². The third-order valence-electron chi connectivity index (χ3n) is 2.43. The van der Waals surface area contributed by atoms with E-state index in [1.165, 1.54) is 4.88 Å². The fraction of sp³-hybridized carbons (Fsp3) is 0.231. The standard InChI is InChI=1S/C13H13BrN2OS/c1-9-16-8-12(18-9)6-7-15-13(17)10-2-4-11(14)5-3-10/h2-5,8H,6-7H2,1H3,(H,15,17). The van der Waals surface area contributed by atoms with Crippen LogP contribution in [0.2, 0.25) is 0 Å². The van der Waals surface area contributed by atoms with E-state index in [9.17, 15) is 4.79 Å². The first-order chi connectivity index (χ1) is 8.65. The summed E-state index contributed by atoms with van der Waals surface area (Å²) in [5.41, 5.74) is 0.679. The number of hydrogen-bond donors (Lipinski definition) is 1. The van der Waals surface area contributed by atoms with Crippen molar-refractivity contribution in [3.05, 3.63) is 50.4 Å². The van der Waals surface area contributed by atoms with E-state index in [0.717, 1.165) is 15.9 Å². The number of carbonyl (C=O) groups excluding carboxylic acids is 1. The Kier molecular flexibility index (Phi) is 4.49. The van der Waals surface area contributed by atoms with Gasteiger partial charge in [0.15, 0.2) is 0 Å². The molecule has 0 fully saturated rings. The number of rotatable bonds is 4. The third kappa shape index (κ3) is 3.65. The monoisotopic (exact) mass is 324 g/mol. The molecule has 0 saturated heterocycles. The molecule has 0 atom stereocenters. The summed E-state index contributed by atoms with van der Waals surface area (Å²) in [7, 11) is 0. The molecular weight excluding hydrogens is 312 g/mol. The first-order valence-corrected chi connectivity index (χ1v) is 7.21. The predicted molar refractivity (Wildman–Crippen MR) is 77.0 cm³/mol. The minimum Gasteiger partial charge on any atom is -0.352 e. The van der Waals surface area contributed by atoms with E-state index in [-0.39, 0.29) is 5.91 Å². The lowest BCUT2D eigenvalue weighted by Crippen LogP contribution is -2.25. The normalized spacial score (nSPS) is 10.3. The lowest BCUT2D eigenvalue weighted by molar-refractivity contribution is 0.0954. The number of aromatic nitrogens is 1. The molecule has 0 bridgehead atoms. The van der Waals surface area contributed by atoms with Gasteiger partial charge in [-0.2, -0.15) is 0 Å². The molecule has 0 spiro atoms. The van der Waals surface area contributed by atoms with Gasteiger partial charge in [-0.3, -0.25) is 4.79 Å². The molecule has 2 aromatic rings. The van der Waals surface area contributed by atoms with Crippen molar-refractivity contribution in [2.24, 2.45) is 0 Å². The minimum absolute atomic E-state index is 0.0382. The molecule has 18 heavy (non-hydrogen) atoms. The van der Waals surface area contributed by atoms with Crippen molar-refractivity contribution >= 4 is 33.2 Å². The highest BCUT2D eigenvalue weighted by atomic mass is 79.9. The molecule has 0 saturated carbocycles. The fourth-order valence-corrected chi connectivity index (χ4v) is 2.58. The Balaban J connectivity index is 1.83. The van der Waals surface area contributed by atoms with Gasteiger partial charge in [0.1, 0.15) is 0 Å². The number of nitrogens with one attached hydrogen (secondary N) is 1. The number of aryl methyl sites for hydroxylation is 1. The maximum atomic E-state index is 11.8. The average molecular weight is 325 g/mol. The second kappa shape index (κ2) is 6.11. The molecule has 1 N–H and O–H groups in total. The molecule has 0 radical (unpaired) electrons. The van der Waals surface area contributed by atoms with Crippen LogP contribution in [-0.2, 0) is 6.42 Å². The first kappa shape index (κ1) is 13.2. The SMILES string of the molecule is Cc1ncc(CCNC(=O)c2ccc(Br)cc2)s1. The number of thiazole rings is 1. The Morgan fingerprint density at radius 1 is 1.39 bits per heavy atom. The van der Waals surface area contributed by atoms with Gasteiger partial charge in [0, 0.05) is 34.1 Å². The summed E-state index contributed by atoms with van der Waals surface area (Å²) < 4.78 is 0.971. The van der Waals surface area contributed by atoms with E-state index >= 15 is 0 Å². The van der Waals surface area contributed by atoms with E-state index < -0.39 is 0 Å². The summed E-state index contributed by atoms with van der Waals surface area (Å²) in [6.45, 7) is 2.62. The number of hydrogen-bond acceptors (Lipinski definition) is 3. The number of halogens is 1. The van der Waals surface area contributed by atoms with Gasteiger partial charge in [-0.05, 0) is 31.2 Å². The molecule has 0 aliphatic carbocycles. The molecule has 1 aromatic heterocycles. The molecule has 0 aliphatic heterocycles. The summed E-state index contributed by atoms with van der Waals surface area (Å²) in [6, 6.07) is 7.33. The van der Waals surface area contributed by atoms with Crippen LogP contribution in [0.25, 0.3) is 0 Å². The van der Waals surface area contributed by atoms with Gasteiger partial charge in [-0.1, -0.05) is 15.9 Å². The molecule has 0 unspecified atom stereocenters. The molecule has 5 heteroatoms. The van der Waals surface area contributed by atoms with Crippen molar-refractivity contribution in [3.63, 3.8) is 0 Å². The Hall–Kier alpha value is -1.20. The largest absolute Gasteiger partial charge is 0.352 e. The zero-order chi connectivity index (χ0) is 13.0. The minimum atomic E-state index is -0.0382. The van der Waals surface area contributed by atoms with E-state index in [1.807, 2.05) is 25.3 Å². The van der Waals surface area contributed by atoms with Gasteiger partial charge in [-0.15, -0.1) is 11.3 Å². The number of amides is 1. The Morgan fingerprint density at radius 3 is 2.72 bits per heavy atom.